The van der Waals surface area contributed by atoms with Crippen LogP contribution in [-0.4, -0.2) is 23.2 Å². The van der Waals surface area contributed by atoms with E-state index in [-0.39, 0.29) is 11.9 Å². The van der Waals surface area contributed by atoms with Gasteiger partial charge >= 0.3 is 5.97 Å². The fourth-order valence-electron chi connectivity index (χ4n) is 2.01. The number of aromatic nitrogens is 1. The van der Waals surface area contributed by atoms with E-state index in [4.69, 9.17) is 4.74 Å². The second kappa shape index (κ2) is 3.98. The van der Waals surface area contributed by atoms with Gasteiger partial charge in [-0.3, -0.25) is 9.78 Å². The molecule has 4 nitrogen and oxygen atoms in total. The van der Waals surface area contributed by atoms with Gasteiger partial charge in [0.1, 0.15) is 0 Å². The van der Waals surface area contributed by atoms with Crippen molar-refractivity contribution >= 4 is 5.97 Å². The van der Waals surface area contributed by atoms with E-state index in [0.29, 0.717) is 18.5 Å². The molecule has 2 rings (SSSR count). The summed E-state index contributed by atoms with van der Waals surface area (Å²) < 4.78 is 4.73. The van der Waals surface area contributed by atoms with E-state index < -0.39 is 6.10 Å². The molecule has 2 atom stereocenters. The summed E-state index contributed by atoms with van der Waals surface area (Å²) in [6, 6.07) is 3.60. The minimum Gasteiger partial charge on any atom is -0.469 e. The summed E-state index contributed by atoms with van der Waals surface area (Å²) in [6.07, 6.45) is 2.25. The number of carbonyl (C=O) groups excluding carboxylic acids is 1. The topological polar surface area (TPSA) is 59.4 Å². The average molecular weight is 207 g/mol. The van der Waals surface area contributed by atoms with Crippen molar-refractivity contribution in [2.45, 2.75) is 24.9 Å². The molecule has 0 aromatic carbocycles. The molecule has 0 aliphatic heterocycles. The number of esters is 1. The molecule has 0 saturated carbocycles. The van der Waals surface area contributed by atoms with E-state index in [0.717, 1.165) is 5.56 Å². The number of methoxy groups -OCH3 is 1. The van der Waals surface area contributed by atoms with Crippen LogP contribution in [0.1, 0.15) is 36.1 Å². The van der Waals surface area contributed by atoms with Gasteiger partial charge < -0.3 is 9.84 Å². The molecule has 1 aliphatic carbocycles. The number of aliphatic hydroxyl groups excluding tert-OH is 1. The van der Waals surface area contributed by atoms with Gasteiger partial charge in [-0.25, -0.2) is 0 Å². The SMILES string of the molecule is COC(=O)[C@H]1CC[C@@H](O)c2ncccc21. The Morgan fingerprint density at radius 3 is 3.13 bits per heavy atom. The number of fused-ring (bicyclic) bond motifs is 1. The summed E-state index contributed by atoms with van der Waals surface area (Å²) >= 11 is 0. The second-order valence-electron chi connectivity index (χ2n) is 3.65. The minimum atomic E-state index is -0.554. The highest BCUT2D eigenvalue weighted by atomic mass is 16.5. The van der Waals surface area contributed by atoms with Gasteiger partial charge in [0.05, 0.1) is 24.8 Å². The zero-order chi connectivity index (χ0) is 10.8. The molecule has 1 aromatic heterocycles. The van der Waals surface area contributed by atoms with Crippen LogP contribution in [-0.2, 0) is 9.53 Å². The van der Waals surface area contributed by atoms with E-state index in [1.54, 1.807) is 12.3 Å². The van der Waals surface area contributed by atoms with Crippen molar-refractivity contribution < 1.29 is 14.6 Å². The van der Waals surface area contributed by atoms with Gasteiger partial charge in [0.2, 0.25) is 0 Å². The number of hydrogen-bond acceptors (Lipinski definition) is 4. The Morgan fingerprint density at radius 2 is 2.40 bits per heavy atom. The third-order valence-electron chi connectivity index (χ3n) is 2.78. The zero-order valence-corrected chi connectivity index (χ0v) is 8.51. The number of nitrogens with zero attached hydrogens (tertiary/aromatic N) is 1. The van der Waals surface area contributed by atoms with Crippen LogP contribution in [0.5, 0.6) is 0 Å². The maximum absolute atomic E-state index is 11.5. The predicted molar refractivity (Wildman–Crippen MR) is 53.2 cm³/mol. The summed E-state index contributed by atoms with van der Waals surface area (Å²) in [5.74, 6) is -0.529. The van der Waals surface area contributed by atoms with Crippen molar-refractivity contribution in [1.82, 2.24) is 4.98 Å². The maximum Gasteiger partial charge on any atom is 0.313 e. The highest BCUT2D eigenvalue weighted by molar-refractivity contribution is 5.78. The summed E-state index contributed by atoms with van der Waals surface area (Å²) in [4.78, 5) is 15.6. The molecule has 0 radical (unpaired) electrons. The van der Waals surface area contributed by atoms with Gasteiger partial charge in [-0.2, -0.15) is 0 Å². The summed E-state index contributed by atoms with van der Waals surface area (Å²) in [7, 11) is 1.38. The Balaban J connectivity index is 2.40. The number of aliphatic hydroxyl groups is 1. The summed E-state index contributed by atoms with van der Waals surface area (Å²) in [6.45, 7) is 0. The van der Waals surface area contributed by atoms with E-state index in [1.807, 2.05) is 6.07 Å². The number of hydrogen-bond donors (Lipinski definition) is 1. The molecule has 0 amide bonds. The van der Waals surface area contributed by atoms with Crippen molar-refractivity contribution in [2.75, 3.05) is 7.11 Å². The first-order valence-corrected chi connectivity index (χ1v) is 4.94. The minimum absolute atomic E-state index is 0.254. The first-order valence-electron chi connectivity index (χ1n) is 4.94. The normalized spacial score (nSPS) is 24.4. The van der Waals surface area contributed by atoms with Crippen molar-refractivity contribution in [1.29, 1.82) is 0 Å². The largest absolute Gasteiger partial charge is 0.469 e. The molecule has 80 valence electrons. The first kappa shape index (κ1) is 10.1. The Labute approximate surface area is 87.9 Å². The summed E-state index contributed by atoms with van der Waals surface area (Å²) in [5.41, 5.74) is 1.40. The van der Waals surface area contributed by atoms with E-state index >= 15 is 0 Å². The molecule has 0 unspecified atom stereocenters. The Hall–Kier alpha value is -1.42. The third-order valence-corrected chi connectivity index (χ3v) is 2.78. The molecule has 1 aromatic rings. The van der Waals surface area contributed by atoms with Crippen molar-refractivity contribution in [3.8, 4) is 0 Å². The van der Waals surface area contributed by atoms with Gasteiger partial charge in [0.15, 0.2) is 0 Å². The molecule has 4 heteroatoms. The van der Waals surface area contributed by atoms with Crippen LogP contribution in [0.2, 0.25) is 0 Å². The van der Waals surface area contributed by atoms with Gasteiger partial charge in [-0.15, -0.1) is 0 Å². The smallest absolute Gasteiger partial charge is 0.313 e. The Morgan fingerprint density at radius 1 is 1.60 bits per heavy atom. The summed E-state index contributed by atoms with van der Waals surface area (Å²) in [5, 5.41) is 9.72. The second-order valence-corrected chi connectivity index (χ2v) is 3.65. The van der Waals surface area contributed by atoms with Crippen LogP contribution in [0.25, 0.3) is 0 Å². The number of rotatable bonds is 1. The Bertz CT molecular complexity index is 378. The number of ether oxygens (including phenoxy) is 1. The van der Waals surface area contributed by atoms with Gasteiger partial charge in [0, 0.05) is 6.20 Å². The lowest BCUT2D eigenvalue weighted by molar-refractivity contribution is -0.143. The monoisotopic (exact) mass is 207 g/mol. The molecule has 0 fully saturated rings. The fraction of sp³-hybridized carbons (Fsp3) is 0.455. The molecule has 1 heterocycles. The standard InChI is InChI=1S/C11H13NO3/c1-15-11(14)8-4-5-9(13)10-7(8)3-2-6-12-10/h2-3,6,8-9,13H,4-5H2,1H3/t8-,9+/m0/s1. The molecule has 1 N–H and O–H groups in total. The van der Waals surface area contributed by atoms with Gasteiger partial charge in [-0.1, -0.05) is 6.07 Å². The van der Waals surface area contributed by atoms with Crippen LogP contribution in [0.4, 0.5) is 0 Å². The van der Waals surface area contributed by atoms with Crippen LogP contribution in [0.15, 0.2) is 18.3 Å². The molecular formula is C11H13NO3. The van der Waals surface area contributed by atoms with Crippen LogP contribution in [0, 0.1) is 0 Å². The lowest BCUT2D eigenvalue weighted by atomic mass is 9.84. The predicted octanol–water partition coefficient (Wildman–Crippen LogP) is 1.17. The molecular weight excluding hydrogens is 194 g/mol. The molecule has 15 heavy (non-hydrogen) atoms. The van der Waals surface area contributed by atoms with Gasteiger partial charge in [-0.05, 0) is 24.5 Å². The maximum atomic E-state index is 11.5. The fourth-order valence-corrected chi connectivity index (χ4v) is 2.01. The Kier molecular flexibility index (Phi) is 2.68. The average Bonchev–Trinajstić information content (AvgIpc) is 2.29. The third kappa shape index (κ3) is 1.72. The van der Waals surface area contributed by atoms with E-state index in [2.05, 4.69) is 4.98 Å². The highest BCUT2D eigenvalue weighted by Crippen LogP contribution is 2.36. The number of carbonyl (C=O) groups is 1. The van der Waals surface area contributed by atoms with Crippen LogP contribution < -0.4 is 0 Å². The van der Waals surface area contributed by atoms with Crippen LogP contribution >= 0.6 is 0 Å². The van der Waals surface area contributed by atoms with Gasteiger partial charge in [0.25, 0.3) is 0 Å². The highest BCUT2D eigenvalue weighted by Gasteiger charge is 2.31. The molecule has 0 saturated heterocycles. The first-order chi connectivity index (χ1) is 7.24. The van der Waals surface area contributed by atoms with E-state index in [9.17, 15) is 9.90 Å². The van der Waals surface area contributed by atoms with Crippen molar-refractivity contribution in [3.63, 3.8) is 0 Å². The van der Waals surface area contributed by atoms with Crippen LogP contribution in [0.3, 0.4) is 0 Å². The zero-order valence-electron chi connectivity index (χ0n) is 8.51. The molecule has 0 spiro atoms. The van der Waals surface area contributed by atoms with E-state index in [1.165, 1.54) is 7.11 Å². The molecule has 0 bridgehead atoms. The quantitative estimate of drug-likeness (QED) is 0.702. The lowest BCUT2D eigenvalue weighted by Gasteiger charge is -2.25. The van der Waals surface area contributed by atoms with Crippen molar-refractivity contribution in [3.05, 3.63) is 29.6 Å². The molecule has 1 aliphatic rings. The lowest BCUT2D eigenvalue weighted by Crippen LogP contribution is -2.22. The number of pyridine rings is 1. The van der Waals surface area contributed by atoms with Crippen molar-refractivity contribution in [2.24, 2.45) is 0 Å².